The highest BCUT2D eigenvalue weighted by atomic mass is 35.5. The third kappa shape index (κ3) is 5.16. The minimum Gasteiger partial charge on any atom is -0.725 e. The van der Waals surface area contributed by atoms with E-state index in [-0.39, 0.29) is 0 Å². The van der Waals surface area contributed by atoms with Crippen molar-refractivity contribution in [2.45, 2.75) is 17.8 Å². The molecule has 0 bridgehead atoms. The summed E-state index contributed by atoms with van der Waals surface area (Å²) in [6.45, 7) is 0. The molecule has 0 heterocycles. The SMILES string of the molecule is O=S(=O)([O-])OC(F)(F)C(F)(F)OC(F)(F)Cl. The molecule has 0 amide bonds. The Hall–Kier alpha value is -0.300. The van der Waals surface area contributed by atoms with Crippen molar-refractivity contribution in [3.05, 3.63) is 0 Å². The molecule has 0 aromatic heterocycles. The molecule has 0 atom stereocenters. The molecule has 0 aliphatic carbocycles. The maximum atomic E-state index is 12.2. The third-order valence-corrected chi connectivity index (χ3v) is 1.28. The molecule has 0 fully saturated rings. The van der Waals surface area contributed by atoms with E-state index in [9.17, 15) is 39.3 Å². The van der Waals surface area contributed by atoms with E-state index in [1.54, 1.807) is 0 Å². The lowest BCUT2D eigenvalue weighted by molar-refractivity contribution is -0.449. The molecule has 0 unspecified atom stereocenters. The van der Waals surface area contributed by atoms with Crippen LogP contribution >= 0.6 is 11.6 Å². The lowest BCUT2D eigenvalue weighted by Gasteiger charge is -2.26. The van der Waals surface area contributed by atoms with Crippen LogP contribution in [-0.4, -0.2) is 30.8 Å². The molecule has 0 aromatic rings. The summed E-state index contributed by atoms with van der Waals surface area (Å²) in [7, 11) is -6.27. The number of rotatable bonds is 5. The van der Waals surface area contributed by atoms with Crippen molar-refractivity contribution in [1.29, 1.82) is 0 Å². The predicted octanol–water partition coefficient (Wildman–Crippen LogP) is 1.45. The van der Waals surface area contributed by atoms with Crippen molar-refractivity contribution in [2.75, 3.05) is 0 Å². The molecule has 16 heavy (non-hydrogen) atoms. The van der Waals surface area contributed by atoms with Crippen molar-refractivity contribution in [2.24, 2.45) is 0 Å². The summed E-state index contributed by atoms with van der Waals surface area (Å²) in [5, 5.41) is 0. The van der Waals surface area contributed by atoms with E-state index in [2.05, 4.69) is 20.5 Å². The van der Waals surface area contributed by atoms with Crippen LogP contribution in [0.15, 0.2) is 0 Å². The minimum atomic E-state index is -6.27. The number of halogens is 7. The van der Waals surface area contributed by atoms with Crippen LogP contribution in [-0.2, 0) is 19.3 Å². The Morgan fingerprint density at radius 3 is 1.62 bits per heavy atom. The predicted molar refractivity (Wildman–Crippen MR) is 32.6 cm³/mol. The highest BCUT2D eigenvalue weighted by Gasteiger charge is 2.65. The summed E-state index contributed by atoms with van der Waals surface area (Å²) in [6.07, 6.45) is -12.3. The molecule has 0 saturated carbocycles. The van der Waals surface area contributed by atoms with E-state index in [4.69, 9.17) is 0 Å². The molecule has 5 nitrogen and oxygen atoms in total. The van der Waals surface area contributed by atoms with Crippen LogP contribution in [0.4, 0.5) is 26.3 Å². The zero-order valence-electron chi connectivity index (χ0n) is 6.60. The van der Waals surface area contributed by atoms with Gasteiger partial charge in [0.2, 0.25) is 10.4 Å². The van der Waals surface area contributed by atoms with Gasteiger partial charge >= 0.3 is 17.8 Å². The lowest BCUT2D eigenvalue weighted by atomic mass is 10.6. The van der Waals surface area contributed by atoms with E-state index in [0.29, 0.717) is 0 Å². The summed E-state index contributed by atoms with van der Waals surface area (Å²) >= 11 is 3.74. The van der Waals surface area contributed by atoms with Crippen LogP contribution in [0, 0.1) is 0 Å². The summed E-state index contributed by atoms with van der Waals surface area (Å²) in [6, 6.07) is 0. The summed E-state index contributed by atoms with van der Waals surface area (Å²) in [4.78, 5) is 0. The van der Waals surface area contributed by atoms with Crippen molar-refractivity contribution in [3.8, 4) is 0 Å². The Bertz CT molecular complexity index is 348. The smallest absolute Gasteiger partial charge is 0.462 e. The van der Waals surface area contributed by atoms with Crippen LogP contribution in [0.1, 0.15) is 0 Å². The average Bonchev–Trinajstić information content (AvgIpc) is 1.72. The first kappa shape index (κ1) is 15.7. The zero-order valence-corrected chi connectivity index (χ0v) is 8.17. The Kier molecular flexibility index (Phi) is 4.10. The van der Waals surface area contributed by atoms with Gasteiger partial charge in [-0.05, 0) is 11.6 Å². The van der Waals surface area contributed by atoms with Crippen molar-refractivity contribution in [3.63, 3.8) is 0 Å². The molecule has 0 N–H and O–H groups in total. The third-order valence-electron chi connectivity index (χ3n) is 0.789. The van der Waals surface area contributed by atoms with Gasteiger partial charge in [-0.1, -0.05) is 0 Å². The highest BCUT2D eigenvalue weighted by Crippen LogP contribution is 2.41. The molecule has 0 aliphatic rings. The standard InChI is InChI=1S/C3HClF6O5S/c4-3(9,10)14-1(5,6)2(7,8)15-16(11,12)13/h(H,11,12,13)/p-1. The number of alkyl halides is 7. The molecule has 0 spiro atoms. The van der Waals surface area contributed by atoms with Crippen molar-refractivity contribution < 1.29 is 48.2 Å². The van der Waals surface area contributed by atoms with Crippen molar-refractivity contribution >= 4 is 22.0 Å². The van der Waals surface area contributed by atoms with Crippen molar-refractivity contribution in [1.82, 2.24) is 0 Å². The average molecular weight is 298 g/mol. The Balaban J connectivity index is 4.99. The first-order valence-electron chi connectivity index (χ1n) is 2.85. The van der Waals surface area contributed by atoms with E-state index < -0.39 is 28.2 Å². The maximum absolute atomic E-state index is 12.2. The fourth-order valence-electron chi connectivity index (χ4n) is 0.381. The number of hydrogen-bond donors (Lipinski definition) is 0. The van der Waals surface area contributed by atoms with Gasteiger partial charge in [-0.3, -0.25) is 0 Å². The van der Waals surface area contributed by atoms with Crippen LogP contribution < -0.4 is 0 Å². The van der Waals surface area contributed by atoms with Crippen LogP contribution in [0.3, 0.4) is 0 Å². The molecule has 0 aliphatic heterocycles. The Labute approximate surface area is 88.8 Å². The van der Waals surface area contributed by atoms with Gasteiger partial charge in [0.15, 0.2) is 0 Å². The number of ether oxygens (including phenoxy) is 1. The van der Waals surface area contributed by atoms with Gasteiger partial charge in [0.05, 0.1) is 0 Å². The quantitative estimate of drug-likeness (QED) is 0.332. The second-order valence-electron chi connectivity index (χ2n) is 2.07. The fourth-order valence-corrected chi connectivity index (χ4v) is 0.832. The maximum Gasteiger partial charge on any atom is 0.462 e. The van der Waals surface area contributed by atoms with Gasteiger partial charge in [-0.15, -0.1) is 0 Å². The first-order valence-corrected chi connectivity index (χ1v) is 4.56. The molecule has 98 valence electrons. The normalized spacial score (nSPS) is 15.2. The zero-order chi connectivity index (χ0) is 13.4. The molecule has 0 rings (SSSR count). The van der Waals surface area contributed by atoms with Gasteiger partial charge in [0, 0.05) is 0 Å². The summed E-state index contributed by atoms with van der Waals surface area (Å²) < 4.78 is 105. The molecule has 13 heteroatoms. The number of hydrogen-bond acceptors (Lipinski definition) is 5. The highest BCUT2D eigenvalue weighted by molar-refractivity contribution is 7.80. The lowest BCUT2D eigenvalue weighted by Crippen LogP contribution is -2.48. The Morgan fingerprint density at radius 1 is 1.00 bits per heavy atom. The first-order chi connectivity index (χ1) is 6.66. The summed E-state index contributed by atoms with van der Waals surface area (Å²) in [5.41, 5.74) is -5.22. The minimum absolute atomic E-state index is 2.05. The van der Waals surface area contributed by atoms with Gasteiger partial charge in [-0.2, -0.15) is 26.3 Å². The second kappa shape index (κ2) is 4.18. The van der Waals surface area contributed by atoms with E-state index in [1.165, 1.54) is 0 Å². The molecule has 0 radical (unpaired) electrons. The van der Waals surface area contributed by atoms with Crippen LogP contribution in [0.25, 0.3) is 0 Å². The topological polar surface area (TPSA) is 75.7 Å². The fraction of sp³-hybridized carbons (Fsp3) is 1.00. The largest absolute Gasteiger partial charge is 0.725 e. The van der Waals surface area contributed by atoms with Gasteiger partial charge in [0.1, 0.15) is 0 Å². The van der Waals surface area contributed by atoms with Gasteiger partial charge in [0.25, 0.3) is 0 Å². The van der Waals surface area contributed by atoms with Crippen LogP contribution in [0.5, 0.6) is 0 Å². The molecular weight excluding hydrogens is 298 g/mol. The second-order valence-corrected chi connectivity index (χ2v) is 3.50. The Morgan fingerprint density at radius 2 is 1.38 bits per heavy atom. The van der Waals surface area contributed by atoms with Gasteiger partial charge in [-0.25, -0.2) is 17.3 Å². The van der Waals surface area contributed by atoms with E-state index >= 15 is 0 Å². The van der Waals surface area contributed by atoms with Crippen LogP contribution in [0.2, 0.25) is 0 Å². The molecule has 0 aromatic carbocycles. The van der Waals surface area contributed by atoms with E-state index in [0.717, 1.165) is 0 Å². The van der Waals surface area contributed by atoms with Gasteiger partial charge < -0.3 is 4.55 Å². The van der Waals surface area contributed by atoms with E-state index in [1.807, 2.05) is 0 Å². The monoisotopic (exact) mass is 297 g/mol. The molecule has 0 saturated heterocycles. The summed E-state index contributed by atoms with van der Waals surface area (Å²) in [5.74, 6) is 0. The molecular formula is C3ClF6O5S-.